The summed E-state index contributed by atoms with van der Waals surface area (Å²) >= 11 is 0. The summed E-state index contributed by atoms with van der Waals surface area (Å²) < 4.78 is 60.8. The Morgan fingerprint density at radius 3 is 0.967 bits per heavy atom. The van der Waals surface area contributed by atoms with Gasteiger partial charge in [-0.05, 0) is 135 Å². The molecule has 5 atom stereocenters. The number of unbranched alkanes of at least 4 members (excludes halogenated alkanes) is 16. The molecule has 0 aromatic rings. The third-order valence-corrected chi connectivity index (χ3v) is 15.4. The summed E-state index contributed by atoms with van der Waals surface area (Å²) in [4.78, 5) is 58.3. The Morgan fingerprint density at radius 1 is 0.319 bits per heavy atom. The summed E-state index contributed by atoms with van der Waals surface area (Å²) in [5.74, 6) is -1.68. The van der Waals surface area contributed by atoms with Crippen LogP contribution in [0.5, 0.6) is 0 Å². The van der Waals surface area contributed by atoms with Gasteiger partial charge in [0.25, 0.3) is 0 Å². The number of aliphatic hydroxyl groups is 2. The van der Waals surface area contributed by atoms with Crippen LogP contribution in [-0.4, -0.2) is 95.9 Å². The highest BCUT2D eigenvalue weighted by Gasteiger charge is 2.29. The molecule has 0 radical (unpaired) electrons. The smallest absolute Gasteiger partial charge is 0.463 e. The molecular weight excluding hydrogens is 1190 g/mol. The van der Waals surface area contributed by atoms with Crippen molar-refractivity contribution in [1.29, 1.82) is 0 Å². The van der Waals surface area contributed by atoms with Gasteiger partial charge < -0.3 is 34.2 Å². The lowest BCUT2D eigenvalue weighted by Gasteiger charge is -2.21. The predicted octanol–water partition coefficient (Wildman–Crippen LogP) is 19.0. The first-order chi connectivity index (χ1) is 44.2. The molecule has 0 heterocycles. The summed E-state index contributed by atoms with van der Waals surface area (Å²) in [5, 5.41) is 20.5. The minimum absolute atomic E-state index is 0.0715. The molecule has 0 saturated heterocycles. The van der Waals surface area contributed by atoms with Gasteiger partial charge in [0, 0.05) is 19.3 Å². The van der Waals surface area contributed by atoms with Gasteiger partial charge in [-0.25, -0.2) is 9.13 Å². The van der Waals surface area contributed by atoms with Crippen LogP contribution in [0, 0.1) is 0 Å². The van der Waals surface area contributed by atoms with E-state index in [9.17, 15) is 43.5 Å². The number of esters is 3. The molecule has 0 saturated carbocycles. The van der Waals surface area contributed by atoms with Crippen molar-refractivity contribution >= 4 is 33.6 Å². The summed E-state index contributed by atoms with van der Waals surface area (Å²) in [7, 11) is -9.81. The Bertz CT molecular complexity index is 2240. The van der Waals surface area contributed by atoms with Gasteiger partial charge in [0.1, 0.15) is 25.4 Å². The molecule has 0 aliphatic heterocycles. The lowest BCUT2D eigenvalue weighted by molar-refractivity contribution is -0.161. The van der Waals surface area contributed by atoms with Crippen LogP contribution in [0.2, 0.25) is 0 Å². The number of phosphoric ester groups is 2. The maximum Gasteiger partial charge on any atom is 0.472 e. The highest BCUT2D eigenvalue weighted by atomic mass is 31.2. The van der Waals surface area contributed by atoms with Crippen LogP contribution in [0.3, 0.4) is 0 Å². The van der Waals surface area contributed by atoms with E-state index in [0.717, 1.165) is 154 Å². The monoisotopic (exact) mass is 1310 g/mol. The van der Waals surface area contributed by atoms with Crippen molar-refractivity contribution in [2.45, 2.75) is 257 Å². The molecule has 0 aromatic heterocycles. The molecule has 91 heavy (non-hydrogen) atoms. The second-order valence-electron chi connectivity index (χ2n) is 22.2. The fourth-order valence-electron chi connectivity index (χ4n) is 8.37. The van der Waals surface area contributed by atoms with Crippen LogP contribution in [0.1, 0.15) is 239 Å². The fraction of sp³-hybridized carbons (Fsp3) is 0.630. The highest BCUT2D eigenvalue weighted by Crippen LogP contribution is 2.45. The lowest BCUT2D eigenvalue weighted by Crippen LogP contribution is -2.30. The molecule has 518 valence electrons. The van der Waals surface area contributed by atoms with Crippen molar-refractivity contribution in [1.82, 2.24) is 0 Å². The van der Waals surface area contributed by atoms with E-state index in [4.69, 9.17) is 32.3 Å². The molecule has 0 aliphatic rings. The Hall–Kier alpha value is -4.57. The molecule has 18 heteroatoms. The van der Waals surface area contributed by atoms with E-state index in [1.807, 2.05) is 12.2 Å². The van der Waals surface area contributed by atoms with Crippen LogP contribution in [0.25, 0.3) is 0 Å². The summed E-state index contributed by atoms with van der Waals surface area (Å²) in [5.41, 5.74) is 0. The zero-order valence-electron chi connectivity index (χ0n) is 56.0. The Kier molecular flexibility index (Phi) is 62.2. The number of ether oxygens (including phenoxy) is 3. The van der Waals surface area contributed by atoms with Crippen LogP contribution in [0.4, 0.5) is 0 Å². The van der Waals surface area contributed by atoms with E-state index in [-0.39, 0.29) is 19.3 Å². The number of carbonyl (C=O) groups is 3. The normalized spacial score (nSPS) is 15.1. The first kappa shape index (κ1) is 86.4. The Morgan fingerprint density at radius 2 is 0.593 bits per heavy atom. The van der Waals surface area contributed by atoms with E-state index in [2.05, 4.69) is 154 Å². The third kappa shape index (κ3) is 66.7. The first-order valence-corrected chi connectivity index (χ1v) is 37.1. The highest BCUT2D eigenvalue weighted by molar-refractivity contribution is 7.47. The second-order valence-corrected chi connectivity index (χ2v) is 25.1. The number of carbonyl (C=O) groups excluding carboxylic acids is 3. The average Bonchev–Trinajstić information content (AvgIpc) is 3.63. The van der Waals surface area contributed by atoms with Gasteiger partial charge in [0.05, 0.1) is 26.4 Å². The molecular formula is C73H120O16P2. The molecule has 0 spiro atoms. The van der Waals surface area contributed by atoms with E-state index in [0.29, 0.717) is 25.7 Å². The standard InChI is InChI=1S/C73H120O16P2/c1-4-7-10-13-16-19-22-25-28-30-31-32-33-34-35-37-40-41-44-47-50-53-56-59-71(76)83-62-68(74)63-85-90(79,80)86-64-69(75)65-87-91(81,82)88-67-70(89-73(78)61-58-55-52-49-46-43-38-27-24-21-18-15-12-9-6-3)66-84-72(77)60-57-54-51-48-45-42-39-36-29-26-23-20-17-14-11-8-5-2/h7-8,10-11,16-21,25-29,31-32,34-35,38-39,42,48,51,68-70,74-75H,4-6,9,12-15,22-24,30,33,36-37,40-41,43-47,49-50,52-67H2,1-3H3,(H,79,80)(H,81,82)/b10-7-,11-8-,19-16-,20-17-,21-18-,28-25-,29-26-,32-31-,35-34-,38-27-,42-39-,51-48-. The Balaban J connectivity index is 4.70. The number of hydrogen-bond acceptors (Lipinski definition) is 14. The van der Waals surface area contributed by atoms with E-state index >= 15 is 0 Å². The maximum absolute atomic E-state index is 12.9. The number of rotatable bonds is 63. The summed E-state index contributed by atoms with van der Waals surface area (Å²) in [6.45, 7) is 2.29. The van der Waals surface area contributed by atoms with Crippen molar-refractivity contribution < 1.29 is 75.8 Å². The van der Waals surface area contributed by atoms with Crippen LogP contribution < -0.4 is 0 Å². The number of allylic oxidation sites excluding steroid dienone is 24. The van der Waals surface area contributed by atoms with E-state index in [1.165, 1.54) is 19.3 Å². The predicted molar refractivity (Wildman–Crippen MR) is 371 cm³/mol. The van der Waals surface area contributed by atoms with E-state index in [1.54, 1.807) is 0 Å². The van der Waals surface area contributed by atoms with E-state index < -0.39 is 91.5 Å². The van der Waals surface area contributed by atoms with Gasteiger partial charge in [0.15, 0.2) is 6.10 Å². The van der Waals surface area contributed by atoms with Gasteiger partial charge >= 0.3 is 33.6 Å². The van der Waals surface area contributed by atoms with Crippen molar-refractivity contribution in [3.63, 3.8) is 0 Å². The van der Waals surface area contributed by atoms with Gasteiger partial charge in [-0.1, -0.05) is 231 Å². The summed E-state index contributed by atoms with van der Waals surface area (Å²) in [6, 6.07) is 0. The molecule has 0 fully saturated rings. The van der Waals surface area contributed by atoms with Crippen molar-refractivity contribution in [2.24, 2.45) is 0 Å². The minimum atomic E-state index is -4.95. The molecule has 0 bridgehead atoms. The molecule has 0 aliphatic carbocycles. The third-order valence-electron chi connectivity index (χ3n) is 13.5. The van der Waals surface area contributed by atoms with Gasteiger partial charge in [-0.2, -0.15) is 0 Å². The first-order valence-electron chi connectivity index (χ1n) is 34.1. The molecule has 0 amide bonds. The summed E-state index contributed by atoms with van der Waals surface area (Å²) in [6.07, 6.45) is 77.6. The maximum atomic E-state index is 12.9. The molecule has 4 N–H and O–H groups in total. The van der Waals surface area contributed by atoms with Crippen LogP contribution in [-0.2, 0) is 55.8 Å². The van der Waals surface area contributed by atoms with Crippen molar-refractivity contribution in [3.8, 4) is 0 Å². The molecule has 16 nitrogen and oxygen atoms in total. The van der Waals surface area contributed by atoms with Crippen molar-refractivity contribution in [2.75, 3.05) is 39.6 Å². The van der Waals surface area contributed by atoms with Crippen LogP contribution in [0.15, 0.2) is 146 Å². The molecule has 0 rings (SSSR count). The second kappa shape index (κ2) is 65.5. The molecule has 0 aromatic carbocycles. The zero-order valence-corrected chi connectivity index (χ0v) is 57.7. The van der Waals surface area contributed by atoms with Gasteiger partial charge in [0.2, 0.25) is 0 Å². The topological polar surface area (TPSA) is 231 Å². The number of hydrogen-bond donors (Lipinski definition) is 4. The van der Waals surface area contributed by atoms with Crippen molar-refractivity contribution in [3.05, 3.63) is 146 Å². The number of aliphatic hydroxyl groups excluding tert-OH is 2. The van der Waals surface area contributed by atoms with Gasteiger partial charge in [-0.15, -0.1) is 0 Å². The van der Waals surface area contributed by atoms with Gasteiger partial charge in [-0.3, -0.25) is 32.5 Å². The largest absolute Gasteiger partial charge is 0.472 e. The zero-order chi connectivity index (χ0) is 66.7. The lowest BCUT2D eigenvalue weighted by atomic mass is 10.1. The quantitative estimate of drug-likeness (QED) is 0.0146. The fourth-order valence-corrected chi connectivity index (χ4v) is 9.95. The SMILES string of the molecule is CC/C=C\C/C=C\C/C=C\C/C=C\C/C=C\CCCCCCCCCC(=O)OCC(O)COP(=O)(O)OCC(O)COP(=O)(O)OCC(COC(=O)CCC/C=C\C/C=C\C/C=C\C/C=C\C/C=C\CC)OC(=O)CCCCCCC/C=C\C/C=C\CCCCC. The van der Waals surface area contributed by atoms with Crippen LogP contribution >= 0.6 is 15.6 Å². The Labute approximate surface area is 549 Å². The number of phosphoric acid groups is 2. The molecule has 5 unspecified atom stereocenters. The minimum Gasteiger partial charge on any atom is -0.463 e. The average molecular weight is 1320 g/mol.